The lowest BCUT2D eigenvalue weighted by molar-refractivity contribution is -0.177. The molecular weight excluding hydrogens is 1230 g/mol. The van der Waals surface area contributed by atoms with E-state index >= 15 is 0 Å². The van der Waals surface area contributed by atoms with Crippen molar-refractivity contribution in [2.24, 2.45) is 63.8 Å². The van der Waals surface area contributed by atoms with Crippen molar-refractivity contribution in [1.82, 2.24) is 0 Å². The molecule has 0 amide bonds. The number of aromatic hydroxyl groups is 1. The normalized spacial score (nSPS) is 32.4. The second-order valence-electron chi connectivity index (χ2n) is 30.5. The number of aryl methyl sites for hydroxylation is 1. The molecule has 97 heavy (non-hydrogen) atoms. The SMILES string of the molecule is C[C@@H]1CC=C[C@@H](c2ccc3ccccc3c2C[C@H](O)c2ccc([C@@H]3CC[C@@H]4CC[C@@H]([C@@]5(N=C(N)N)Oc6ccc7c(c6)CC[C@@H](C)[C@@H]7C[C@@H](S(=O)(=O)O)[C@H]6C=C7C[C@H](C[C@H]8C[C@@H](CO)CC#Cc9cc(O)ccc9[C@@H]7O8)[C@@H]6c6ccc5cc6)[C@@H](Cc5ccccc5)[C@]4(O)C3)cc2)C1. The lowest BCUT2D eigenvalue weighted by Gasteiger charge is -2.57. The fourth-order valence-electron chi connectivity index (χ4n) is 19.9. The Morgan fingerprint density at radius 2 is 1.57 bits per heavy atom. The zero-order valence-electron chi connectivity index (χ0n) is 55.8. The van der Waals surface area contributed by atoms with Crippen LogP contribution >= 0.6 is 0 Å². The van der Waals surface area contributed by atoms with Crippen LogP contribution in [0.15, 0.2) is 180 Å². The molecule has 12 nitrogen and oxygen atoms in total. The molecule has 5 heterocycles. The molecule has 0 spiro atoms. The van der Waals surface area contributed by atoms with Gasteiger partial charge in [-0.1, -0.05) is 171 Å². The lowest BCUT2D eigenvalue weighted by Crippen LogP contribution is -2.60. The van der Waals surface area contributed by atoms with Crippen LogP contribution in [0.3, 0.4) is 0 Å². The predicted molar refractivity (Wildman–Crippen MR) is 381 cm³/mol. The summed E-state index contributed by atoms with van der Waals surface area (Å²) >= 11 is 0. The number of phenols is 1. The number of aliphatic hydroxyl groups excluding tert-OH is 2. The Balaban J connectivity index is 0.827. The van der Waals surface area contributed by atoms with E-state index in [4.69, 9.17) is 25.9 Å². The number of fused-ring (bicyclic) bond motifs is 10. The van der Waals surface area contributed by atoms with E-state index in [0.29, 0.717) is 86.5 Å². The smallest absolute Gasteiger partial charge is 0.268 e. The van der Waals surface area contributed by atoms with Crippen LogP contribution < -0.4 is 16.2 Å². The average molecular weight is 1320 g/mol. The van der Waals surface area contributed by atoms with Crippen LogP contribution in [0.2, 0.25) is 0 Å². The number of rotatable bonds is 11. The molecule has 504 valence electrons. The highest BCUT2D eigenvalue weighted by atomic mass is 32.2. The largest absolute Gasteiger partial charge is 0.508 e. The number of nitrogens with two attached hydrogens (primary N) is 2. The van der Waals surface area contributed by atoms with E-state index in [1.165, 1.54) is 21.9 Å². The molecule has 7 aromatic carbocycles. The number of hydrogen-bond acceptors (Lipinski definition) is 9. The third-order valence-corrected chi connectivity index (χ3v) is 25.9. The Hall–Kier alpha value is -7.54. The molecule has 3 fully saturated rings. The van der Waals surface area contributed by atoms with E-state index in [9.17, 15) is 33.4 Å². The van der Waals surface area contributed by atoms with E-state index < -0.39 is 62.6 Å². The highest BCUT2D eigenvalue weighted by Gasteiger charge is 2.60. The van der Waals surface area contributed by atoms with Gasteiger partial charge in [-0.25, -0.2) is 4.99 Å². The Labute approximate surface area is 572 Å². The predicted octanol–water partition coefficient (Wildman–Crippen LogP) is 15.2. The summed E-state index contributed by atoms with van der Waals surface area (Å²) in [6, 6.07) is 51.6. The van der Waals surface area contributed by atoms with Crippen LogP contribution in [0, 0.1) is 59.2 Å². The van der Waals surface area contributed by atoms with E-state index in [2.05, 4.69) is 165 Å². The maximum Gasteiger partial charge on any atom is 0.268 e. The van der Waals surface area contributed by atoms with Crippen LogP contribution in [0.1, 0.15) is 194 Å². The first-order chi connectivity index (χ1) is 46.9. The van der Waals surface area contributed by atoms with Crippen molar-refractivity contribution in [1.29, 1.82) is 0 Å². The maximum absolute atomic E-state index is 14.6. The van der Waals surface area contributed by atoms with Crippen LogP contribution in [0.25, 0.3) is 10.8 Å². The molecule has 5 aliphatic carbocycles. The minimum absolute atomic E-state index is 0.00413. The van der Waals surface area contributed by atoms with E-state index in [1.54, 1.807) is 12.1 Å². The van der Waals surface area contributed by atoms with Gasteiger partial charge in [0.15, 0.2) is 5.96 Å². The van der Waals surface area contributed by atoms with Gasteiger partial charge in [0.25, 0.3) is 10.1 Å². The minimum Gasteiger partial charge on any atom is -0.508 e. The van der Waals surface area contributed by atoms with Gasteiger partial charge in [0, 0.05) is 59.8 Å². The number of ether oxygens (including phenoxy) is 2. The van der Waals surface area contributed by atoms with E-state index in [-0.39, 0.29) is 66.3 Å². The average Bonchev–Trinajstić information content (AvgIpc) is 1.36. The second kappa shape index (κ2) is 26.6. The topological polar surface area (TPSA) is 218 Å². The molecular formula is C84H93N3O9S. The Morgan fingerprint density at radius 3 is 2.35 bits per heavy atom. The fourth-order valence-corrected chi connectivity index (χ4v) is 21.0. The minimum atomic E-state index is -4.73. The number of aliphatic imine (C=N–C) groups is 1. The highest BCUT2D eigenvalue weighted by Crippen LogP contribution is 2.60. The molecule has 0 aromatic heterocycles. The third kappa shape index (κ3) is 12.7. The van der Waals surface area contributed by atoms with Crippen molar-refractivity contribution in [2.75, 3.05) is 6.61 Å². The van der Waals surface area contributed by atoms with Gasteiger partial charge in [-0.3, -0.25) is 4.55 Å². The monoisotopic (exact) mass is 1320 g/mol. The number of guanidine groups is 1. The maximum atomic E-state index is 14.6. The first kappa shape index (κ1) is 65.4. The van der Waals surface area contributed by atoms with Crippen molar-refractivity contribution in [3.63, 3.8) is 0 Å². The molecule has 0 radical (unpaired) electrons. The molecule has 0 unspecified atom stereocenters. The van der Waals surface area contributed by atoms with Gasteiger partial charge in [0.2, 0.25) is 5.72 Å². The molecule has 1 saturated heterocycles. The highest BCUT2D eigenvalue weighted by molar-refractivity contribution is 7.86. The zero-order chi connectivity index (χ0) is 66.9. The van der Waals surface area contributed by atoms with Crippen LogP contribution in [-0.2, 0) is 39.8 Å². The first-order valence-electron chi connectivity index (χ1n) is 35.9. The molecule has 2 saturated carbocycles. The lowest BCUT2D eigenvalue weighted by atomic mass is 9.53. The fraction of sp³-hybridized carbons (Fsp3) is 0.440. The number of allylic oxidation sites excluding steroid dienone is 3. The number of nitrogens with zero attached hydrogens (tertiary/aromatic N) is 1. The summed E-state index contributed by atoms with van der Waals surface area (Å²) in [7, 11) is -4.73. The summed E-state index contributed by atoms with van der Waals surface area (Å²) in [5.41, 5.74) is 22.3. The van der Waals surface area contributed by atoms with Gasteiger partial charge in [-0.15, -0.1) is 0 Å². The van der Waals surface area contributed by atoms with Gasteiger partial charge < -0.3 is 41.4 Å². The zero-order valence-corrected chi connectivity index (χ0v) is 56.6. The molecule has 10 bridgehead atoms. The third-order valence-electron chi connectivity index (χ3n) is 24.6. The second-order valence-corrected chi connectivity index (χ2v) is 32.1. The molecule has 9 N–H and O–H groups in total. The molecule has 7 aromatic rings. The number of hydrogen-bond donors (Lipinski definition) is 7. The summed E-state index contributed by atoms with van der Waals surface area (Å²) in [4.78, 5) is 5.39. The van der Waals surface area contributed by atoms with Crippen LogP contribution in [0.4, 0.5) is 0 Å². The van der Waals surface area contributed by atoms with Crippen molar-refractivity contribution < 1.29 is 42.9 Å². The number of benzene rings is 7. The van der Waals surface area contributed by atoms with Gasteiger partial charge >= 0.3 is 0 Å². The first-order valence-corrected chi connectivity index (χ1v) is 37.4. The Kier molecular flexibility index (Phi) is 17.9. The molecule has 17 rings (SSSR count). The van der Waals surface area contributed by atoms with Gasteiger partial charge in [0.1, 0.15) is 17.6 Å². The summed E-state index contributed by atoms with van der Waals surface area (Å²) in [5.74, 6) is 5.36. The van der Waals surface area contributed by atoms with Crippen molar-refractivity contribution >= 4 is 26.9 Å². The number of aliphatic hydroxyl groups is 3. The van der Waals surface area contributed by atoms with Crippen LogP contribution in [0.5, 0.6) is 11.5 Å². The summed E-state index contributed by atoms with van der Waals surface area (Å²) in [5, 5.41) is 49.4. The van der Waals surface area contributed by atoms with Crippen molar-refractivity contribution in [3.8, 4) is 23.3 Å². The van der Waals surface area contributed by atoms with Crippen LogP contribution in [-0.4, -0.2) is 62.9 Å². The quantitative estimate of drug-likeness (QED) is 0.0212. The summed E-state index contributed by atoms with van der Waals surface area (Å²) in [6.45, 7) is 4.43. The Bertz CT molecular complexity index is 4350. The summed E-state index contributed by atoms with van der Waals surface area (Å²) < 4.78 is 56.2. The number of phenolic OH excluding ortho intramolecular Hbond substituents is 1. The Morgan fingerprint density at radius 1 is 0.804 bits per heavy atom. The molecule has 10 aliphatic rings. The van der Waals surface area contributed by atoms with Gasteiger partial charge in [-0.2, -0.15) is 8.42 Å². The van der Waals surface area contributed by atoms with Crippen molar-refractivity contribution in [2.45, 2.75) is 175 Å². The van der Waals surface area contributed by atoms with Gasteiger partial charge in [0.05, 0.1) is 23.1 Å². The van der Waals surface area contributed by atoms with Crippen molar-refractivity contribution in [3.05, 3.63) is 237 Å². The van der Waals surface area contributed by atoms with Gasteiger partial charge in [-0.05, 0) is 222 Å². The molecule has 18 atom stereocenters. The summed E-state index contributed by atoms with van der Waals surface area (Å²) in [6.07, 6.45) is 15.6. The standard InChI is InChI=1S/C84H93N3O9S/c1-50-10-8-15-58(38-50)71-34-27-55-14-6-7-17-69(55)74(71)46-78(90)56-22-20-54(21-23-56)61-26-28-64-31-37-76(77(83(64,91)48-61)40-52-11-4-3-5-12-52)84(87-82(85)86)65-29-24-57(25-30-65)80-62-41-63(81-72-35-32-66(89)42-59(72)16-9-13-53(49-88)39-68(44-62)95-81)45-75(80)79(97(92,93)94)47-73-51(2)18-19-60-43-67(96-84)33-36-70(60)73/h3-8,11-12,14-15,17,20-25,27,29-30,32-36,42-43,45,50-51,53,58,61-62,64,68,73,75-81,88-91H,10,13,18-19,26,28,31,37-41,44,46-49H2,1-2H3,(H4,85,86,87)(H,92,93,94)/t50-,51-,53+,58-,61-,62-,64-,68-,73+,75-,76-,77-,78+,79-,80+,81-,83+,84+/m1/s1. The molecule has 5 aliphatic heterocycles. The molecule has 13 heteroatoms. The van der Waals surface area contributed by atoms with E-state index in [0.717, 1.165) is 83.0 Å². The van der Waals surface area contributed by atoms with E-state index in [1.807, 2.05) is 18.2 Å².